The maximum Gasteiger partial charge on any atom is 0.343 e. The molecule has 2 rings (SSSR count). The van der Waals surface area contributed by atoms with Crippen LogP contribution in [0, 0.1) is 6.92 Å². The van der Waals surface area contributed by atoms with Crippen molar-refractivity contribution in [1.82, 2.24) is 0 Å². The van der Waals surface area contributed by atoms with E-state index in [1.165, 1.54) is 0 Å². The van der Waals surface area contributed by atoms with E-state index in [2.05, 4.69) is 6.92 Å². The van der Waals surface area contributed by atoms with Gasteiger partial charge in [-0.2, -0.15) is 0 Å². The van der Waals surface area contributed by atoms with Gasteiger partial charge in [0, 0.05) is 0 Å². The van der Waals surface area contributed by atoms with E-state index in [0.29, 0.717) is 16.9 Å². The van der Waals surface area contributed by atoms with Crippen molar-refractivity contribution in [3.05, 3.63) is 72.6 Å². The third kappa shape index (κ3) is 2.28. The molecule has 0 unspecified atom stereocenters. The van der Waals surface area contributed by atoms with Crippen molar-refractivity contribution < 1.29 is 9.53 Å². The van der Waals surface area contributed by atoms with Crippen molar-refractivity contribution >= 4 is 5.97 Å². The molecule has 0 aliphatic rings. The standard InChI is InChI=1S/C14H11O2/c1-11-7-5-6-10-13(11)16-14(15)12-8-3-2-4-9-12/h2-10H,1H2. The maximum absolute atomic E-state index is 11.7. The summed E-state index contributed by atoms with van der Waals surface area (Å²) in [4.78, 5) is 11.7. The largest absolute Gasteiger partial charge is 0.423 e. The van der Waals surface area contributed by atoms with Gasteiger partial charge < -0.3 is 4.74 Å². The van der Waals surface area contributed by atoms with Crippen LogP contribution in [0.2, 0.25) is 0 Å². The van der Waals surface area contributed by atoms with Gasteiger partial charge in [0.25, 0.3) is 0 Å². The van der Waals surface area contributed by atoms with Gasteiger partial charge >= 0.3 is 5.97 Å². The summed E-state index contributed by atoms with van der Waals surface area (Å²) in [6.07, 6.45) is 0. The topological polar surface area (TPSA) is 26.3 Å². The van der Waals surface area contributed by atoms with Crippen molar-refractivity contribution in [2.24, 2.45) is 0 Å². The molecule has 0 bridgehead atoms. The number of hydrogen-bond acceptors (Lipinski definition) is 2. The molecule has 0 atom stereocenters. The molecule has 2 aromatic rings. The molecular weight excluding hydrogens is 200 g/mol. The SMILES string of the molecule is [CH2]c1ccccc1OC(=O)c1ccccc1. The normalized spacial score (nSPS) is 9.81. The van der Waals surface area contributed by atoms with Gasteiger partial charge in [0.2, 0.25) is 0 Å². The lowest BCUT2D eigenvalue weighted by molar-refractivity contribution is 0.0734. The number of hydrogen-bond donors (Lipinski definition) is 0. The highest BCUT2D eigenvalue weighted by molar-refractivity contribution is 5.91. The zero-order chi connectivity index (χ0) is 11.4. The molecule has 2 nitrogen and oxygen atoms in total. The summed E-state index contributed by atoms with van der Waals surface area (Å²) < 4.78 is 5.23. The van der Waals surface area contributed by atoms with Crippen molar-refractivity contribution in [3.8, 4) is 5.75 Å². The van der Waals surface area contributed by atoms with Crippen molar-refractivity contribution in [2.45, 2.75) is 0 Å². The lowest BCUT2D eigenvalue weighted by Gasteiger charge is -2.06. The lowest BCUT2D eigenvalue weighted by Crippen LogP contribution is -2.08. The van der Waals surface area contributed by atoms with E-state index in [1.54, 1.807) is 36.4 Å². The van der Waals surface area contributed by atoms with Gasteiger partial charge in [0.1, 0.15) is 5.75 Å². The minimum atomic E-state index is -0.364. The fourth-order valence-electron chi connectivity index (χ4n) is 1.34. The van der Waals surface area contributed by atoms with E-state index in [1.807, 2.05) is 18.2 Å². The molecule has 0 saturated carbocycles. The number of rotatable bonds is 2. The van der Waals surface area contributed by atoms with Gasteiger partial charge in [-0.05, 0) is 30.7 Å². The fraction of sp³-hybridized carbons (Fsp3) is 0. The van der Waals surface area contributed by atoms with E-state index in [0.717, 1.165) is 0 Å². The van der Waals surface area contributed by atoms with E-state index >= 15 is 0 Å². The summed E-state index contributed by atoms with van der Waals surface area (Å²) in [7, 11) is 0. The van der Waals surface area contributed by atoms with Crippen LogP contribution in [0.3, 0.4) is 0 Å². The second kappa shape index (κ2) is 4.62. The molecule has 2 heteroatoms. The number of carbonyl (C=O) groups is 1. The van der Waals surface area contributed by atoms with E-state index < -0.39 is 0 Å². The number of para-hydroxylation sites is 1. The fourth-order valence-corrected chi connectivity index (χ4v) is 1.34. The number of carbonyl (C=O) groups excluding carboxylic acids is 1. The Balaban J connectivity index is 2.18. The Hall–Kier alpha value is -2.09. The number of ether oxygens (including phenoxy) is 1. The zero-order valence-corrected chi connectivity index (χ0v) is 8.72. The number of esters is 1. The summed E-state index contributed by atoms with van der Waals surface area (Å²) in [6.45, 7) is 3.79. The molecule has 0 aromatic heterocycles. The monoisotopic (exact) mass is 211 g/mol. The highest BCUT2D eigenvalue weighted by Gasteiger charge is 2.08. The predicted molar refractivity (Wildman–Crippen MR) is 62.3 cm³/mol. The van der Waals surface area contributed by atoms with Gasteiger partial charge in [0.05, 0.1) is 5.56 Å². The van der Waals surface area contributed by atoms with E-state index in [-0.39, 0.29) is 5.97 Å². The molecule has 1 radical (unpaired) electrons. The highest BCUT2D eigenvalue weighted by atomic mass is 16.5. The molecule has 0 spiro atoms. The van der Waals surface area contributed by atoms with Crippen LogP contribution in [0.25, 0.3) is 0 Å². The van der Waals surface area contributed by atoms with Crippen LogP contribution in [0.4, 0.5) is 0 Å². The summed E-state index contributed by atoms with van der Waals surface area (Å²) in [5, 5.41) is 0. The Morgan fingerprint density at radius 2 is 1.56 bits per heavy atom. The minimum Gasteiger partial charge on any atom is -0.423 e. The van der Waals surface area contributed by atoms with Gasteiger partial charge in [-0.1, -0.05) is 36.4 Å². The van der Waals surface area contributed by atoms with Crippen molar-refractivity contribution in [3.63, 3.8) is 0 Å². The second-order valence-corrected chi connectivity index (χ2v) is 3.36. The van der Waals surface area contributed by atoms with Crippen LogP contribution in [0.15, 0.2) is 54.6 Å². The smallest absolute Gasteiger partial charge is 0.343 e. The Labute approximate surface area is 94.5 Å². The van der Waals surface area contributed by atoms with Gasteiger partial charge in [0.15, 0.2) is 0 Å². The molecule has 0 heterocycles. The van der Waals surface area contributed by atoms with Crippen LogP contribution in [-0.4, -0.2) is 5.97 Å². The molecule has 16 heavy (non-hydrogen) atoms. The summed E-state index contributed by atoms with van der Waals surface area (Å²) in [5.74, 6) is 0.132. The third-order valence-corrected chi connectivity index (χ3v) is 2.18. The van der Waals surface area contributed by atoms with Crippen LogP contribution in [-0.2, 0) is 0 Å². The zero-order valence-electron chi connectivity index (χ0n) is 8.72. The van der Waals surface area contributed by atoms with E-state index in [9.17, 15) is 4.79 Å². The Kier molecular flexibility index (Phi) is 3.01. The molecule has 79 valence electrons. The first-order valence-electron chi connectivity index (χ1n) is 4.95. The van der Waals surface area contributed by atoms with Gasteiger partial charge in [-0.25, -0.2) is 4.79 Å². The first-order valence-corrected chi connectivity index (χ1v) is 4.95. The first-order chi connectivity index (χ1) is 7.77. The second-order valence-electron chi connectivity index (χ2n) is 3.36. The molecule has 0 aliphatic heterocycles. The Morgan fingerprint density at radius 1 is 0.938 bits per heavy atom. The quantitative estimate of drug-likeness (QED) is 0.563. The van der Waals surface area contributed by atoms with Gasteiger partial charge in [-0.15, -0.1) is 0 Å². The highest BCUT2D eigenvalue weighted by Crippen LogP contribution is 2.17. The molecule has 0 N–H and O–H groups in total. The summed E-state index contributed by atoms with van der Waals surface area (Å²) in [5.41, 5.74) is 1.23. The molecule has 0 fully saturated rings. The van der Waals surface area contributed by atoms with Crippen molar-refractivity contribution in [2.75, 3.05) is 0 Å². The third-order valence-electron chi connectivity index (χ3n) is 2.18. The van der Waals surface area contributed by atoms with Crippen LogP contribution >= 0.6 is 0 Å². The van der Waals surface area contributed by atoms with Gasteiger partial charge in [-0.3, -0.25) is 0 Å². The molecule has 0 amide bonds. The average molecular weight is 211 g/mol. The molecule has 0 saturated heterocycles. The van der Waals surface area contributed by atoms with E-state index in [4.69, 9.17) is 4.74 Å². The number of benzene rings is 2. The molecule has 0 aliphatic carbocycles. The Morgan fingerprint density at radius 3 is 2.25 bits per heavy atom. The van der Waals surface area contributed by atoms with Crippen molar-refractivity contribution in [1.29, 1.82) is 0 Å². The van der Waals surface area contributed by atoms with Crippen LogP contribution < -0.4 is 4.74 Å². The maximum atomic E-state index is 11.7. The lowest BCUT2D eigenvalue weighted by atomic mass is 10.2. The van der Waals surface area contributed by atoms with Crippen LogP contribution in [0.5, 0.6) is 5.75 Å². The summed E-state index contributed by atoms with van der Waals surface area (Å²) in [6, 6.07) is 16.1. The van der Waals surface area contributed by atoms with Crippen LogP contribution in [0.1, 0.15) is 15.9 Å². The Bertz CT molecular complexity index is 489. The minimum absolute atomic E-state index is 0.364. The molecular formula is C14H11O2. The first kappa shape index (κ1) is 10.4. The molecule has 2 aromatic carbocycles. The summed E-state index contributed by atoms with van der Waals surface area (Å²) >= 11 is 0. The predicted octanol–water partition coefficient (Wildman–Crippen LogP) is 3.09. The average Bonchev–Trinajstić information content (AvgIpc) is 2.33.